The molecule has 3 rings (SSSR count). The van der Waals surface area contributed by atoms with Gasteiger partial charge in [-0.15, -0.1) is 11.8 Å². The third kappa shape index (κ3) is 5.34. The maximum atomic E-state index is 11.8. The summed E-state index contributed by atoms with van der Waals surface area (Å²) >= 11 is 7.45. The lowest BCUT2D eigenvalue weighted by Crippen LogP contribution is -2.07. The molecule has 0 bridgehead atoms. The Kier molecular flexibility index (Phi) is 6.30. The highest BCUT2D eigenvalue weighted by Crippen LogP contribution is 2.20. The van der Waals surface area contributed by atoms with E-state index in [0.29, 0.717) is 10.8 Å². The molecular weight excluding hydrogens is 372 g/mol. The molecule has 3 aromatic rings. The second-order valence-electron chi connectivity index (χ2n) is 5.66. The second kappa shape index (κ2) is 8.87. The van der Waals surface area contributed by atoms with Crippen LogP contribution in [-0.2, 0) is 21.9 Å². The third-order valence-electron chi connectivity index (χ3n) is 3.52. The number of nitrogens with zero attached hydrogens (tertiary/aromatic N) is 2. The summed E-state index contributed by atoms with van der Waals surface area (Å²) < 4.78 is 10.3. The van der Waals surface area contributed by atoms with E-state index >= 15 is 0 Å². The van der Waals surface area contributed by atoms with E-state index in [0.717, 1.165) is 11.3 Å². The Morgan fingerprint density at radius 2 is 2.04 bits per heavy atom. The van der Waals surface area contributed by atoms with Crippen molar-refractivity contribution in [3.63, 3.8) is 0 Å². The lowest BCUT2D eigenvalue weighted by Gasteiger charge is -2.03. The van der Waals surface area contributed by atoms with E-state index < -0.39 is 0 Å². The minimum Gasteiger partial charge on any atom is -0.455 e. The van der Waals surface area contributed by atoms with E-state index in [1.165, 1.54) is 22.9 Å². The molecular formula is C19H17ClN2O3S. The standard InChI is InChI=1S/C19H17ClN2O3S/c1-13-5-7-14(8-6-13)11-26-12-18(23)24-10-17-21-19(22-25-17)15-3-2-4-16(20)9-15/h2-9H,10-12H2,1H3. The Labute approximate surface area is 160 Å². The average molecular weight is 389 g/mol. The van der Waals surface area contributed by atoms with Gasteiger partial charge < -0.3 is 9.26 Å². The van der Waals surface area contributed by atoms with Crippen LogP contribution in [0.25, 0.3) is 11.4 Å². The Morgan fingerprint density at radius 1 is 1.23 bits per heavy atom. The van der Waals surface area contributed by atoms with Crippen LogP contribution in [0.15, 0.2) is 53.1 Å². The van der Waals surface area contributed by atoms with Gasteiger partial charge >= 0.3 is 5.97 Å². The van der Waals surface area contributed by atoms with Crippen LogP contribution in [0.4, 0.5) is 0 Å². The van der Waals surface area contributed by atoms with Gasteiger partial charge in [0.05, 0.1) is 5.75 Å². The quantitative estimate of drug-likeness (QED) is 0.548. The molecule has 134 valence electrons. The first-order valence-electron chi connectivity index (χ1n) is 7.97. The molecule has 0 radical (unpaired) electrons. The minimum absolute atomic E-state index is 0.0442. The Balaban J connectivity index is 1.44. The summed E-state index contributed by atoms with van der Waals surface area (Å²) in [5.41, 5.74) is 3.14. The normalized spacial score (nSPS) is 10.7. The van der Waals surface area contributed by atoms with Crippen LogP contribution < -0.4 is 0 Å². The highest BCUT2D eigenvalue weighted by Gasteiger charge is 2.11. The third-order valence-corrected chi connectivity index (χ3v) is 4.73. The Morgan fingerprint density at radius 3 is 2.81 bits per heavy atom. The lowest BCUT2D eigenvalue weighted by molar-refractivity contribution is -0.142. The zero-order valence-electron chi connectivity index (χ0n) is 14.1. The smallest absolute Gasteiger partial charge is 0.316 e. The van der Waals surface area contributed by atoms with E-state index in [1.54, 1.807) is 18.2 Å². The van der Waals surface area contributed by atoms with E-state index in [9.17, 15) is 4.79 Å². The van der Waals surface area contributed by atoms with Gasteiger partial charge in [-0.05, 0) is 24.6 Å². The van der Waals surface area contributed by atoms with Gasteiger partial charge in [0.2, 0.25) is 5.82 Å². The van der Waals surface area contributed by atoms with Crippen molar-refractivity contribution >= 4 is 29.3 Å². The van der Waals surface area contributed by atoms with Gasteiger partial charge in [-0.3, -0.25) is 4.79 Å². The zero-order chi connectivity index (χ0) is 18.4. The van der Waals surface area contributed by atoms with Gasteiger partial charge in [-0.25, -0.2) is 0 Å². The van der Waals surface area contributed by atoms with Crippen LogP contribution in [0.2, 0.25) is 5.02 Å². The van der Waals surface area contributed by atoms with Crippen molar-refractivity contribution in [3.05, 3.63) is 70.6 Å². The van der Waals surface area contributed by atoms with E-state index in [4.69, 9.17) is 20.9 Å². The molecule has 1 aromatic heterocycles. The van der Waals surface area contributed by atoms with E-state index in [2.05, 4.69) is 34.4 Å². The lowest BCUT2D eigenvalue weighted by atomic mass is 10.2. The SMILES string of the molecule is Cc1ccc(CSCC(=O)OCc2nc(-c3cccc(Cl)c3)no2)cc1. The van der Waals surface area contributed by atoms with Crippen LogP contribution in [0.5, 0.6) is 0 Å². The number of carbonyl (C=O) groups is 1. The number of carbonyl (C=O) groups excluding carboxylic acids is 1. The van der Waals surface area contributed by atoms with E-state index in [1.807, 2.05) is 13.0 Å². The molecule has 0 aliphatic rings. The van der Waals surface area contributed by atoms with Gasteiger partial charge in [0.25, 0.3) is 5.89 Å². The first-order valence-corrected chi connectivity index (χ1v) is 9.51. The minimum atomic E-state index is -0.315. The number of thioether (sulfide) groups is 1. The molecule has 0 aliphatic heterocycles. The van der Waals surface area contributed by atoms with Crippen LogP contribution >= 0.6 is 23.4 Å². The van der Waals surface area contributed by atoms with Gasteiger partial charge in [-0.2, -0.15) is 4.98 Å². The molecule has 2 aromatic carbocycles. The van der Waals surface area contributed by atoms with Gasteiger partial charge in [0, 0.05) is 16.3 Å². The summed E-state index contributed by atoms with van der Waals surface area (Å²) in [6.07, 6.45) is 0. The number of hydrogen-bond donors (Lipinski definition) is 0. The number of ether oxygens (including phenoxy) is 1. The van der Waals surface area contributed by atoms with Crippen molar-refractivity contribution in [2.24, 2.45) is 0 Å². The van der Waals surface area contributed by atoms with Crippen molar-refractivity contribution in [2.75, 3.05) is 5.75 Å². The monoisotopic (exact) mass is 388 g/mol. The molecule has 0 N–H and O–H groups in total. The average Bonchev–Trinajstić information content (AvgIpc) is 3.11. The molecule has 26 heavy (non-hydrogen) atoms. The Hall–Kier alpha value is -2.31. The maximum Gasteiger partial charge on any atom is 0.316 e. The number of halogens is 1. The predicted octanol–water partition coefficient (Wildman–Crippen LogP) is 4.68. The summed E-state index contributed by atoms with van der Waals surface area (Å²) in [5.74, 6) is 1.37. The molecule has 0 atom stereocenters. The fourth-order valence-electron chi connectivity index (χ4n) is 2.18. The van der Waals surface area contributed by atoms with Crippen molar-refractivity contribution < 1.29 is 14.1 Å². The molecule has 0 saturated carbocycles. The van der Waals surface area contributed by atoms with Gasteiger partial charge in [0.15, 0.2) is 6.61 Å². The number of rotatable bonds is 7. The number of benzene rings is 2. The summed E-state index contributed by atoms with van der Waals surface area (Å²) in [6, 6.07) is 15.4. The second-order valence-corrected chi connectivity index (χ2v) is 7.08. The van der Waals surface area contributed by atoms with Crippen LogP contribution in [0, 0.1) is 6.92 Å². The molecule has 0 unspecified atom stereocenters. The fourth-order valence-corrected chi connectivity index (χ4v) is 3.15. The molecule has 1 heterocycles. The summed E-state index contributed by atoms with van der Waals surface area (Å²) in [7, 11) is 0. The summed E-state index contributed by atoms with van der Waals surface area (Å²) in [6.45, 7) is 2.00. The van der Waals surface area contributed by atoms with Crippen LogP contribution in [-0.4, -0.2) is 21.9 Å². The predicted molar refractivity (Wildman–Crippen MR) is 102 cm³/mol. The largest absolute Gasteiger partial charge is 0.455 e. The highest BCUT2D eigenvalue weighted by atomic mass is 35.5. The molecule has 0 spiro atoms. The van der Waals surface area contributed by atoms with Crippen molar-refractivity contribution in [1.82, 2.24) is 10.1 Å². The molecule has 0 amide bonds. The number of hydrogen-bond acceptors (Lipinski definition) is 6. The topological polar surface area (TPSA) is 65.2 Å². The first-order chi connectivity index (χ1) is 12.6. The molecule has 0 aliphatic carbocycles. The van der Waals surface area contributed by atoms with Crippen LogP contribution in [0.3, 0.4) is 0 Å². The fraction of sp³-hybridized carbons (Fsp3) is 0.211. The number of aryl methyl sites for hydroxylation is 1. The highest BCUT2D eigenvalue weighted by molar-refractivity contribution is 7.99. The van der Waals surface area contributed by atoms with Gasteiger partial charge in [-0.1, -0.05) is 58.7 Å². The zero-order valence-corrected chi connectivity index (χ0v) is 15.7. The van der Waals surface area contributed by atoms with Crippen LogP contribution in [0.1, 0.15) is 17.0 Å². The molecule has 5 nitrogen and oxygen atoms in total. The van der Waals surface area contributed by atoms with Crippen molar-refractivity contribution in [2.45, 2.75) is 19.3 Å². The van der Waals surface area contributed by atoms with E-state index in [-0.39, 0.29) is 24.2 Å². The summed E-state index contributed by atoms with van der Waals surface area (Å²) in [4.78, 5) is 16.0. The summed E-state index contributed by atoms with van der Waals surface area (Å²) in [5, 5.41) is 4.46. The first kappa shape index (κ1) is 18.5. The molecule has 0 fully saturated rings. The molecule has 0 saturated heterocycles. The maximum absolute atomic E-state index is 11.8. The number of aromatic nitrogens is 2. The number of esters is 1. The van der Waals surface area contributed by atoms with Gasteiger partial charge in [0.1, 0.15) is 0 Å². The van der Waals surface area contributed by atoms with Crippen molar-refractivity contribution in [1.29, 1.82) is 0 Å². The molecule has 7 heteroatoms. The Bertz CT molecular complexity index is 881. The van der Waals surface area contributed by atoms with Crippen molar-refractivity contribution in [3.8, 4) is 11.4 Å².